The number of esters is 1. The zero-order chi connectivity index (χ0) is 18.6. The Morgan fingerprint density at radius 2 is 2.28 bits per heavy atom. The molecule has 0 aromatic carbocycles. The van der Waals surface area contributed by atoms with Crippen molar-refractivity contribution in [3.05, 3.63) is 11.8 Å². The maximum Gasteiger partial charge on any atom is 0.328 e. The van der Waals surface area contributed by atoms with Crippen LogP contribution in [0.3, 0.4) is 0 Å². The van der Waals surface area contributed by atoms with E-state index in [1.165, 1.54) is 18.1 Å². The number of carbonyl (C=O) groups excluding carboxylic acids is 2. The van der Waals surface area contributed by atoms with Gasteiger partial charge in [-0.15, -0.1) is 6.42 Å². The van der Waals surface area contributed by atoms with Crippen molar-refractivity contribution in [1.29, 1.82) is 0 Å². The predicted octanol–water partition coefficient (Wildman–Crippen LogP) is 0.561. The van der Waals surface area contributed by atoms with Gasteiger partial charge in [-0.2, -0.15) is 0 Å². The second-order valence-corrected chi connectivity index (χ2v) is 6.20. The van der Waals surface area contributed by atoms with Gasteiger partial charge < -0.3 is 24.0 Å². The van der Waals surface area contributed by atoms with Crippen molar-refractivity contribution >= 4 is 11.9 Å². The van der Waals surface area contributed by atoms with Crippen molar-refractivity contribution in [1.82, 2.24) is 10.1 Å². The van der Waals surface area contributed by atoms with Gasteiger partial charge in [0.15, 0.2) is 12.4 Å². The van der Waals surface area contributed by atoms with Crippen LogP contribution in [-0.4, -0.2) is 59.4 Å². The van der Waals surface area contributed by atoms with E-state index < -0.39 is 24.0 Å². The first-order valence-electron chi connectivity index (χ1n) is 7.98. The summed E-state index contributed by atoms with van der Waals surface area (Å²) in [6, 6.07) is 0.702. The molecule has 1 aliphatic rings. The van der Waals surface area contributed by atoms with E-state index in [0.29, 0.717) is 5.76 Å². The number of aliphatic hydroxyl groups is 1. The van der Waals surface area contributed by atoms with Crippen LogP contribution in [0.1, 0.15) is 31.9 Å². The second-order valence-electron chi connectivity index (χ2n) is 6.20. The van der Waals surface area contributed by atoms with Gasteiger partial charge in [0.1, 0.15) is 12.0 Å². The molecule has 3 atom stereocenters. The number of ether oxygens (including phenoxy) is 2. The summed E-state index contributed by atoms with van der Waals surface area (Å²) in [6.07, 6.45) is 4.51. The molecule has 1 amide bonds. The average Bonchev–Trinajstić information content (AvgIpc) is 3.18. The molecule has 1 aromatic heterocycles. The number of carbonyl (C=O) groups is 2. The molecule has 8 nitrogen and oxygen atoms in total. The fraction of sp³-hybridized carbons (Fsp3) is 0.588. The predicted molar refractivity (Wildman–Crippen MR) is 86.6 cm³/mol. The molecule has 2 rings (SSSR count). The van der Waals surface area contributed by atoms with Crippen LogP contribution in [0.4, 0.5) is 0 Å². The topological polar surface area (TPSA) is 102 Å². The first-order valence-corrected chi connectivity index (χ1v) is 7.98. The lowest BCUT2D eigenvalue weighted by molar-refractivity contribution is -0.152. The molecule has 136 valence electrons. The number of hydrogen-bond donors (Lipinski definition) is 1. The maximum absolute atomic E-state index is 13.0. The number of aromatic nitrogens is 1. The van der Waals surface area contributed by atoms with Crippen LogP contribution in [0.15, 0.2) is 10.6 Å². The number of aliphatic hydroxyl groups excluding tert-OH is 1. The van der Waals surface area contributed by atoms with Gasteiger partial charge in [-0.05, 0) is 11.1 Å². The summed E-state index contributed by atoms with van der Waals surface area (Å²) >= 11 is 0. The van der Waals surface area contributed by atoms with E-state index in [1.54, 1.807) is 0 Å². The molecule has 1 aliphatic heterocycles. The van der Waals surface area contributed by atoms with Crippen LogP contribution in [0.5, 0.6) is 5.88 Å². The molecule has 1 fully saturated rings. The third-order valence-electron chi connectivity index (χ3n) is 4.08. The minimum atomic E-state index is -0.811. The number of rotatable bonds is 6. The normalized spacial score (nSPS) is 21.0. The lowest BCUT2D eigenvalue weighted by Crippen LogP contribution is -2.44. The number of likely N-dealkylation sites (tertiary alicyclic amines) is 1. The van der Waals surface area contributed by atoms with Gasteiger partial charge in [0.25, 0.3) is 5.88 Å². The fourth-order valence-electron chi connectivity index (χ4n) is 2.93. The summed E-state index contributed by atoms with van der Waals surface area (Å²) in [5.74, 6) is 1.14. The largest absolute Gasteiger partial charge is 0.467 e. The van der Waals surface area contributed by atoms with Gasteiger partial charge in [-0.3, -0.25) is 4.79 Å². The molecule has 25 heavy (non-hydrogen) atoms. The molecular weight excluding hydrogens is 328 g/mol. The quantitative estimate of drug-likeness (QED) is 0.591. The third-order valence-corrected chi connectivity index (χ3v) is 4.08. The molecule has 0 bridgehead atoms. The van der Waals surface area contributed by atoms with Crippen LogP contribution in [0.2, 0.25) is 0 Å². The second kappa shape index (κ2) is 8.03. The summed E-state index contributed by atoms with van der Waals surface area (Å²) in [5, 5.41) is 13.6. The van der Waals surface area contributed by atoms with E-state index in [2.05, 4.69) is 11.1 Å². The van der Waals surface area contributed by atoms with Crippen molar-refractivity contribution in [3.8, 4) is 18.2 Å². The highest BCUT2D eigenvalue weighted by Crippen LogP contribution is 2.32. The van der Waals surface area contributed by atoms with Gasteiger partial charge in [-0.1, -0.05) is 19.8 Å². The highest BCUT2D eigenvalue weighted by molar-refractivity contribution is 5.89. The van der Waals surface area contributed by atoms with Gasteiger partial charge in [0.05, 0.1) is 13.2 Å². The fourth-order valence-corrected chi connectivity index (χ4v) is 2.93. The zero-order valence-corrected chi connectivity index (χ0v) is 14.5. The monoisotopic (exact) mass is 350 g/mol. The summed E-state index contributed by atoms with van der Waals surface area (Å²) in [6.45, 7) is 3.81. The van der Waals surface area contributed by atoms with E-state index in [-0.39, 0.29) is 37.3 Å². The molecule has 2 heterocycles. The molecule has 8 heteroatoms. The Balaban J connectivity index is 2.24. The summed E-state index contributed by atoms with van der Waals surface area (Å²) in [5.41, 5.74) is 0. The summed E-state index contributed by atoms with van der Waals surface area (Å²) < 4.78 is 15.2. The Morgan fingerprint density at radius 1 is 1.56 bits per heavy atom. The number of terminal acetylenes is 1. The SMILES string of the molecule is C#CCOc1cc(C(C(=O)N2C[C@H](O)C[C@H]2C(=O)OC)C(C)C)on1. The van der Waals surface area contributed by atoms with Crippen molar-refractivity contribution in [3.63, 3.8) is 0 Å². The van der Waals surface area contributed by atoms with Crippen molar-refractivity contribution in [2.75, 3.05) is 20.3 Å². The Kier molecular flexibility index (Phi) is 6.04. The van der Waals surface area contributed by atoms with Gasteiger partial charge in [0, 0.05) is 19.0 Å². The van der Waals surface area contributed by atoms with E-state index in [4.69, 9.17) is 20.4 Å². The molecule has 0 aliphatic carbocycles. The highest BCUT2D eigenvalue weighted by Gasteiger charge is 2.43. The summed E-state index contributed by atoms with van der Waals surface area (Å²) in [4.78, 5) is 26.3. The number of hydrogen-bond acceptors (Lipinski definition) is 7. The smallest absolute Gasteiger partial charge is 0.328 e. The molecular formula is C17H22N2O6. The lowest BCUT2D eigenvalue weighted by Gasteiger charge is -2.27. The number of β-amino-alcohol motifs (C(OH)–C–C–N with tert-alkyl or cyclic N) is 1. The van der Waals surface area contributed by atoms with E-state index in [0.717, 1.165) is 0 Å². The van der Waals surface area contributed by atoms with Gasteiger partial charge in [0.2, 0.25) is 5.91 Å². The Labute approximate surface area is 146 Å². The average molecular weight is 350 g/mol. The highest BCUT2D eigenvalue weighted by atomic mass is 16.5. The molecule has 0 radical (unpaired) electrons. The molecule has 1 saturated heterocycles. The third kappa shape index (κ3) is 4.12. The molecule has 1 N–H and O–H groups in total. The molecule has 1 unspecified atom stereocenters. The van der Waals surface area contributed by atoms with Crippen LogP contribution in [0.25, 0.3) is 0 Å². The Bertz CT molecular complexity index is 662. The summed E-state index contributed by atoms with van der Waals surface area (Å²) in [7, 11) is 1.25. The maximum atomic E-state index is 13.0. The van der Waals surface area contributed by atoms with Crippen LogP contribution < -0.4 is 4.74 Å². The van der Waals surface area contributed by atoms with Gasteiger partial charge >= 0.3 is 5.97 Å². The van der Waals surface area contributed by atoms with E-state index in [1.807, 2.05) is 13.8 Å². The minimum absolute atomic E-state index is 0.0367. The van der Waals surface area contributed by atoms with E-state index >= 15 is 0 Å². The van der Waals surface area contributed by atoms with Crippen LogP contribution >= 0.6 is 0 Å². The molecule has 1 aromatic rings. The number of methoxy groups -OCH3 is 1. The standard InChI is InChI=1S/C17H22N2O6/c1-5-6-24-14-8-13(25-18-14)15(10(2)3)16(21)19-9-11(20)7-12(19)17(22)23-4/h1,8,10-12,15,20H,6-7,9H2,2-4H3/t11-,12+,15?/m1/s1. The van der Waals surface area contributed by atoms with E-state index in [9.17, 15) is 14.7 Å². The first kappa shape index (κ1) is 18.8. The molecule has 0 saturated carbocycles. The van der Waals surface area contributed by atoms with Crippen molar-refractivity contribution < 1.29 is 28.7 Å². The first-order chi connectivity index (χ1) is 11.9. The van der Waals surface area contributed by atoms with Crippen LogP contribution in [0, 0.1) is 18.3 Å². The van der Waals surface area contributed by atoms with Crippen LogP contribution in [-0.2, 0) is 14.3 Å². The number of nitrogens with zero attached hydrogens (tertiary/aromatic N) is 2. The van der Waals surface area contributed by atoms with Crippen molar-refractivity contribution in [2.45, 2.75) is 38.3 Å². The molecule has 0 spiro atoms. The van der Waals surface area contributed by atoms with Gasteiger partial charge in [-0.25, -0.2) is 4.79 Å². The van der Waals surface area contributed by atoms with Crippen molar-refractivity contribution in [2.24, 2.45) is 5.92 Å². The Morgan fingerprint density at radius 3 is 2.88 bits per heavy atom. The number of amides is 1. The lowest BCUT2D eigenvalue weighted by atomic mass is 9.91. The zero-order valence-electron chi connectivity index (χ0n) is 14.5. The minimum Gasteiger partial charge on any atom is -0.467 e. The Hall–Kier alpha value is -2.53.